The molecule has 0 heterocycles. The summed E-state index contributed by atoms with van der Waals surface area (Å²) in [5, 5.41) is 9.70. The molecule has 1 rings (SSSR count). The number of carbonyl (C=O) groups is 1. The molecule has 0 unspecified atom stereocenters. The van der Waals surface area contributed by atoms with E-state index in [1.807, 2.05) is 0 Å². The number of hydrogen-bond donors (Lipinski definition) is 1. The molecule has 0 radical (unpaired) electrons. The Morgan fingerprint density at radius 1 is 1.44 bits per heavy atom. The third-order valence-electron chi connectivity index (χ3n) is 1.86. The number of rotatable bonds is 2. The molecular weight excluding hydrogens is 249 g/mol. The molecule has 5 heteroatoms. The lowest BCUT2D eigenvalue weighted by atomic mass is 10.3. The molecule has 1 aromatic rings. The lowest BCUT2D eigenvalue weighted by molar-refractivity contribution is 0.202. The molecule has 1 amide bonds. The zero-order valence-electron chi connectivity index (χ0n) is 8.50. The summed E-state index contributed by atoms with van der Waals surface area (Å²) >= 11 is 11.6. The predicted molar refractivity (Wildman–Crippen MR) is 65.3 cm³/mol. The summed E-state index contributed by atoms with van der Waals surface area (Å²) < 4.78 is 0. The summed E-state index contributed by atoms with van der Waals surface area (Å²) in [5.74, 6) is 5.32. The highest BCUT2D eigenvalue weighted by atomic mass is 35.5. The van der Waals surface area contributed by atoms with Gasteiger partial charge in [-0.05, 0) is 25.1 Å². The van der Waals surface area contributed by atoms with Crippen LogP contribution in [-0.4, -0.2) is 17.7 Å². The number of carboxylic acid groups (broad SMARTS) is 1. The van der Waals surface area contributed by atoms with E-state index in [4.69, 9.17) is 28.3 Å². The van der Waals surface area contributed by atoms with Crippen molar-refractivity contribution in [2.24, 2.45) is 0 Å². The molecule has 0 aromatic heterocycles. The molecule has 0 saturated heterocycles. The smallest absolute Gasteiger partial charge is 0.412 e. The van der Waals surface area contributed by atoms with Crippen molar-refractivity contribution >= 4 is 35.0 Å². The lowest BCUT2D eigenvalue weighted by Crippen LogP contribution is -2.29. The largest absolute Gasteiger partial charge is 0.465 e. The van der Waals surface area contributed by atoms with Crippen molar-refractivity contribution in [2.45, 2.75) is 6.92 Å². The first-order valence-electron chi connectivity index (χ1n) is 4.41. The Kier molecular flexibility index (Phi) is 4.48. The van der Waals surface area contributed by atoms with Gasteiger partial charge in [-0.25, -0.2) is 4.79 Å². The van der Waals surface area contributed by atoms with Crippen molar-refractivity contribution in [3.63, 3.8) is 0 Å². The maximum Gasteiger partial charge on any atom is 0.412 e. The second-order valence-corrected chi connectivity index (χ2v) is 3.71. The Morgan fingerprint density at radius 2 is 2.12 bits per heavy atom. The van der Waals surface area contributed by atoms with Gasteiger partial charge in [0.1, 0.15) is 0 Å². The lowest BCUT2D eigenvalue weighted by Gasteiger charge is -2.16. The van der Waals surface area contributed by atoms with E-state index in [0.29, 0.717) is 15.7 Å². The Morgan fingerprint density at radius 3 is 2.62 bits per heavy atom. The molecule has 1 N–H and O–H groups in total. The summed E-state index contributed by atoms with van der Waals surface area (Å²) in [4.78, 5) is 12.1. The van der Waals surface area contributed by atoms with Crippen LogP contribution in [0.15, 0.2) is 18.2 Å². The highest BCUT2D eigenvalue weighted by Crippen LogP contribution is 2.27. The van der Waals surface area contributed by atoms with E-state index in [1.54, 1.807) is 19.1 Å². The number of benzene rings is 1. The predicted octanol–water partition coefficient (Wildman–Crippen LogP) is 3.50. The summed E-state index contributed by atoms with van der Waals surface area (Å²) in [6.45, 7) is 1.75. The average Bonchev–Trinajstić information content (AvgIpc) is 2.23. The van der Waals surface area contributed by atoms with Crippen LogP contribution >= 0.6 is 23.2 Å². The van der Waals surface area contributed by atoms with Gasteiger partial charge < -0.3 is 5.11 Å². The molecule has 0 spiro atoms. The van der Waals surface area contributed by atoms with Crippen LogP contribution in [-0.2, 0) is 0 Å². The standard InChI is InChI=1S/C11H9Cl2NO2/c1-2-3-6-14(11(15)16)8-4-5-9(12)10(13)7-8/h4-5,7H,6H2,1H3,(H,15,16). The fourth-order valence-electron chi connectivity index (χ4n) is 1.08. The van der Waals surface area contributed by atoms with Crippen molar-refractivity contribution in [1.82, 2.24) is 0 Å². The molecule has 16 heavy (non-hydrogen) atoms. The van der Waals surface area contributed by atoms with E-state index in [2.05, 4.69) is 11.8 Å². The fourth-order valence-corrected chi connectivity index (χ4v) is 1.37. The van der Waals surface area contributed by atoms with E-state index >= 15 is 0 Å². The SMILES string of the molecule is CC#CCN(C(=O)O)c1ccc(Cl)c(Cl)c1. The van der Waals surface area contributed by atoms with Gasteiger partial charge in [0, 0.05) is 5.69 Å². The van der Waals surface area contributed by atoms with Gasteiger partial charge in [0.15, 0.2) is 0 Å². The first kappa shape index (κ1) is 12.7. The number of anilines is 1. The molecule has 84 valence electrons. The summed E-state index contributed by atoms with van der Waals surface area (Å²) in [5.41, 5.74) is 0.449. The monoisotopic (exact) mass is 257 g/mol. The maximum atomic E-state index is 11.0. The van der Waals surface area contributed by atoms with Crippen LogP contribution in [0.2, 0.25) is 10.0 Å². The average molecular weight is 258 g/mol. The van der Waals surface area contributed by atoms with Gasteiger partial charge in [0.05, 0.1) is 16.6 Å². The minimum atomic E-state index is -1.08. The molecule has 0 aliphatic heterocycles. The minimum Gasteiger partial charge on any atom is -0.465 e. The highest BCUT2D eigenvalue weighted by Gasteiger charge is 2.13. The number of halogens is 2. The third-order valence-corrected chi connectivity index (χ3v) is 2.60. The van der Waals surface area contributed by atoms with Crippen LogP contribution in [0, 0.1) is 11.8 Å². The molecule has 0 aliphatic carbocycles. The zero-order valence-corrected chi connectivity index (χ0v) is 10.0. The second-order valence-electron chi connectivity index (χ2n) is 2.89. The van der Waals surface area contributed by atoms with Gasteiger partial charge in [-0.1, -0.05) is 29.1 Å². The van der Waals surface area contributed by atoms with Gasteiger partial charge in [0.2, 0.25) is 0 Å². The van der Waals surface area contributed by atoms with Gasteiger partial charge >= 0.3 is 6.09 Å². The first-order chi connectivity index (χ1) is 7.56. The van der Waals surface area contributed by atoms with Gasteiger partial charge in [-0.3, -0.25) is 4.90 Å². The van der Waals surface area contributed by atoms with Crippen molar-refractivity contribution in [2.75, 3.05) is 11.4 Å². The number of amides is 1. The minimum absolute atomic E-state index is 0.101. The molecule has 0 atom stereocenters. The molecule has 0 saturated carbocycles. The second kappa shape index (κ2) is 5.64. The van der Waals surface area contributed by atoms with Crippen molar-refractivity contribution < 1.29 is 9.90 Å². The van der Waals surface area contributed by atoms with E-state index in [-0.39, 0.29) is 6.54 Å². The van der Waals surface area contributed by atoms with Crippen LogP contribution in [0.4, 0.5) is 10.5 Å². The Bertz CT molecular complexity index is 463. The van der Waals surface area contributed by atoms with E-state index < -0.39 is 6.09 Å². The number of nitrogens with zero attached hydrogens (tertiary/aromatic N) is 1. The fraction of sp³-hybridized carbons (Fsp3) is 0.182. The highest BCUT2D eigenvalue weighted by molar-refractivity contribution is 6.42. The van der Waals surface area contributed by atoms with Gasteiger partial charge in [0.25, 0.3) is 0 Å². The van der Waals surface area contributed by atoms with Gasteiger partial charge in [-0.15, -0.1) is 5.92 Å². The summed E-state index contributed by atoms with van der Waals surface area (Å²) in [6.07, 6.45) is -1.08. The van der Waals surface area contributed by atoms with Crippen LogP contribution < -0.4 is 4.90 Å². The molecular formula is C11H9Cl2NO2. The van der Waals surface area contributed by atoms with Crippen LogP contribution in [0.1, 0.15) is 6.92 Å². The summed E-state index contributed by atoms with van der Waals surface area (Å²) in [7, 11) is 0. The zero-order chi connectivity index (χ0) is 12.1. The van der Waals surface area contributed by atoms with Crippen molar-refractivity contribution in [3.8, 4) is 11.8 Å². The van der Waals surface area contributed by atoms with E-state index in [0.717, 1.165) is 4.90 Å². The van der Waals surface area contributed by atoms with E-state index in [9.17, 15) is 4.79 Å². The molecule has 0 fully saturated rings. The molecule has 3 nitrogen and oxygen atoms in total. The topological polar surface area (TPSA) is 40.5 Å². The molecule has 0 aliphatic rings. The van der Waals surface area contributed by atoms with Crippen molar-refractivity contribution in [1.29, 1.82) is 0 Å². The number of hydrogen-bond acceptors (Lipinski definition) is 1. The van der Waals surface area contributed by atoms with Crippen LogP contribution in [0.25, 0.3) is 0 Å². The first-order valence-corrected chi connectivity index (χ1v) is 5.17. The molecule has 0 bridgehead atoms. The Hall–Kier alpha value is -1.37. The quantitative estimate of drug-likeness (QED) is 0.824. The normalized spacial score (nSPS) is 9.19. The summed E-state index contributed by atoms with van der Waals surface area (Å²) in [6, 6.07) is 4.63. The molecule has 1 aromatic carbocycles. The Balaban J connectivity index is 3.04. The third kappa shape index (κ3) is 3.06. The van der Waals surface area contributed by atoms with Crippen molar-refractivity contribution in [3.05, 3.63) is 28.2 Å². The maximum absolute atomic E-state index is 11.0. The Labute approximate surface area is 104 Å². The van der Waals surface area contributed by atoms with Crippen LogP contribution in [0.3, 0.4) is 0 Å². The van der Waals surface area contributed by atoms with Gasteiger partial charge in [-0.2, -0.15) is 0 Å². The van der Waals surface area contributed by atoms with Crippen LogP contribution in [0.5, 0.6) is 0 Å². The van der Waals surface area contributed by atoms with E-state index in [1.165, 1.54) is 6.07 Å².